The van der Waals surface area contributed by atoms with Gasteiger partial charge in [-0.1, -0.05) is 19.9 Å². The Morgan fingerprint density at radius 1 is 1.13 bits per heavy atom. The Labute approximate surface area is 222 Å². The van der Waals surface area contributed by atoms with E-state index in [4.69, 9.17) is 25.0 Å². The van der Waals surface area contributed by atoms with Crippen LogP contribution in [0.15, 0.2) is 18.2 Å². The number of aliphatic hydroxyl groups is 1. The van der Waals surface area contributed by atoms with Crippen molar-refractivity contribution in [3.63, 3.8) is 0 Å². The van der Waals surface area contributed by atoms with Crippen molar-refractivity contribution >= 4 is 16.9 Å². The molecule has 1 aromatic carbocycles. The lowest BCUT2D eigenvalue weighted by Crippen LogP contribution is -2.70. The number of nitrogens with two attached hydrogens (primary N) is 1. The van der Waals surface area contributed by atoms with Gasteiger partial charge in [0.15, 0.2) is 18.2 Å². The summed E-state index contributed by atoms with van der Waals surface area (Å²) in [7, 11) is 0. The molecule has 5 aliphatic heterocycles. The van der Waals surface area contributed by atoms with Crippen molar-refractivity contribution in [2.75, 3.05) is 6.54 Å². The second-order valence-electron chi connectivity index (χ2n) is 12.3. The highest BCUT2D eigenvalue weighted by Crippen LogP contribution is 2.60. The van der Waals surface area contributed by atoms with Crippen molar-refractivity contribution in [1.29, 1.82) is 0 Å². The second-order valence-corrected chi connectivity index (χ2v) is 12.3. The first-order chi connectivity index (χ1) is 18.1. The number of carbonyl (C=O) groups excluding carboxylic acids is 1. The number of ether oxygens (including phenoxy) is 2. The van der Waals surface area contributed by atoms with Crippen LogP contribution in [0, 0.1) is 23.7 Å². The molecule has 9 atom stereocenters. The Morgan fingerprint density at radius 3 is 2.68 bits per heavy atom. The van der Waals surface area contributed by atoms with Gasteiger partial charge in [-0.3, -0.25) is 4.79 Å². The largest absolute Gasteiger partial charge is 0.368 e. The van der Waals surface area contributed by atoms with E-state index < -0.39 is 29.9 Å². The summed E-state index contributed by atoms with van der Waals surface area (Å²) in [4.78, 5) is 30.9. The van der Waals surface area contributed by atoms with Gasteiger partial charge in [-0.15, -0.1) is 0 Å². The van der Waals surface area contributed by atoms with Crippen molar-refractivity contribution < 1.29 is 29.1 Å². The van der Waals surface area contributed by atoms with Crippen molar-refractivity contribution in [2.24, 2.45) is 29.4 Å². The number of nitrogens with one attached hydrogen (secondary N) is 2. The fraction of sp³-hybridized carbons (Fsp3) is 0.714. The van der Waals surface area contributed by atoms with Gasteiger partial charge in [0.05, 0.1) is 16.6 Å². The van der Waals surface area contributed by atoms with Gasteiger partial charge in [0, 0.05) is 18.3 Å². The first-order valence-corrected chi connectivity index (χ1v) is 14.0. The summed E-state index contributed by atoms with van der Waals surface area (Å²) in [5.41, 5.74) is 6.68. The van der Waals surface area contributed by atoms with Crippen LogP contribution in [0.25, 0.3) is 11.0 Å². The Morgan fingerprint density at radius 2 is 1.95 bits per heavy atom. The molecular formula is C28H40N4O6. The zero-order valence-electron chi connectivity index (χ0n) is 22.7. The molecule has 5 saturated heterocycles. The van der Waals surface area contributed by atoms with Gasteiger partial charge in [-0.05, 0) is 76.5 Å². The van der Waals surface area contributed by atoms with Crippen LogP contribution in [0.2, 0.25) is 0 Å². The van der Waals surface area contributed by atoms with Crippen LogP contribution in [0.1, 0.15) is 82.4 Å². The van der Waals surface area contributed by atoms with E-state index in [1.54, 1.807) is 6.07 Å². The molecule has 1 spiro atoms. The smallest absolute Gasteiger partial charge is 0.250 e. The molecule has 6 fully saturated rings. The molecule has 10 heteroatoms. The zero-order valence-corrected chi connectivity index (χ0v) is 22.7. The first kappa shape index (κ1) is 26.2. The number of rotatable bonds is 2. The number of hydrogen-bond donors (Lipinski definition) is 4. The fourth-order valence-corrected chi connectivity index (χ4v) is 7.47. The lowest BCUT2D eigenvalue weighted by molar-refractivity contribution is -0.576. The van der Waals surface area contributed by atoms with Gasteiger partial charge < -0.3 is 30.6 Å². The van der Waals surface area contributed by atoms with Crippen LogP contribution >= 0.6 is 0 Å². The van der Waals surface area contributed by atoms with Gasteiger partial charge >= 0.3 is 0 Å². The minimum atomic E-state index is -0.781. The van der Waals surface area contributed by atoms with E-state index in [2.05, 4.69) is 29.1 Å². The predicted octanol–water partition coefficient (Wildman–Crippen LogP) is 3.45. The van der Waals surface area contributed by atoms with Crippen molar-refractivity contribution in [1.82, 2.24) is 15.3 Å². The number of para-hydroxylation sites is 1. The molecule has 8 rings (SSSR count). The fourth-order valence-electron chi connectivity index (χ4n) is 7.47. The molecule has 2 bridgehead atoms. The normalized spacial score (nSPS) is 43.7. The van der Waals surface area contributed by atoms with Gasteiger partial charge in [0.25, 0.3) is 5.91 Å². The second kappa shape index (κ2) is 9.25. The highest BCUT2D eigenvalue weighted by atomic mass is 17.3. The number of aliphatic hydroxyl groups excluding tert-OH is 1. The molecule has 1 amide bonds. The Hall–Kier alpha value is -2.08. The van der Waals surface area contributed by atoms with E-state index in [0.717, 1.165) is 50.0 Å². The molecule has 0 radical (unpaired) electrons. The molecule has 1 aliphatic carbocycles. The molecule has 6 heterocycles. The highest BCUT2D eigenvalue weighted by Gasteiger charge is 2.69. The molecular weight excluding hydrogens is 488 g/mol. The first-order valence-electron chi connectivity index (χ1n) is 14.0. The van der Waals surface area contributed by atoms with Crippen molar-refractivity contribution in [3.05, 3.63) is 29.6 Å². The number of amides is 1. The van der Waals surface area contributed by atoms with Crippen LogP contribution in [-0.4, -0.2) is 51.5 Å². The molecule has 1 aromatic heterocycles. The van der Waals surface area contributed by atoms with Crippen molar-refractivity contribution in [2.45, 2.75) is 95.7 Å². The number of benzene rings is 1. The molecule has 208 valence electrons. The minimum absolute atomic E-state index is 0.0379. The van der Waals surface area contributed by atoms with Crippen molar-refractivity contribution in [3.8, 4) is 0 Å². The lowest BCUT2D eigenvalue weighted by atomic mass is 9.58. The molecule has 38 heavy (non-hydrogen) atoms. The monoisotopic (exact) mass is 528 g/mol. The highest BCUT2D eigenvalue weighted by molar-refractivity contribution is 6.04. The van der Waals surface area contributed by atoms with E-state index in [1.165, 1.54) is 6.42 Å². The third-order valence-electron chi connectivity index (χ3n) is 9.79. The maximum Gasteiger partial charge on any atom is 0.250 e. The van der Waals surface area contributed by atoms with E-state index in [0.29, 0.717) is 22.9 Å². The number of H-pyrrole nitrogens is 1. The van der Waals surface area contributed by atoms with E-state index in [1.807, 2.05) is 26.0 Å². The molecule has 5 N–H and O–H groups in total. The number of hydrogen-bond acceptors (Lipinski definition) is 8. The number of nitrogens with zero attached hydrogens (tertiary/aromatic N) is 1. The van der Waals surface area contributed by atoms with Crippen LogP contribution < -0.4 is 11.1 Å². The number of aromatic amines is 1. The Balaban J connectivity index is 0.000000140. The third-order valence-corrected chi connectivity index (χ3v) is 9.79. The average molecular weight is 529 g/mol. The van der Waals surface area contributed by atoms with E-state index in [-0.39, 0.29) is 17.4 Å². The standard InChI is InChI=1S/C15H24O5.C13H16N4O/c1-8-4-5-11-9(2)12(16)17-13-15(11)10(8)6-7-14(3,18-13)19-20-15;1-13(6-3-7-15-13)12-16-9-5-2-4-8(11(14)18)10(9)17-12/h8-13,16H,4-7H2,1-3H3;2,4-5,15H,3,6-7H2,1H3,(H2,14,18)(H,16,17)/t8-,9-,10+,11+,12+,13-,14-,15-;13-/m11/s1. The minimum Gasteiger partial charge on any atom is -0.368 e. The average Bonchev–Trinajstić information content (AvgIpc) is 3.46. The van der Waals surface area contributed by atoms with Gasteiger partial charge in [-0.25, -0.2) is 14.8 Å². The predicted molar refractivity (Wildman–Crippen MR) is 138 cm³/mol. The molecule has 2 aromatic rings. The number of aromatic nitrogens is 2. The topological polar surface area (TPSA) is 141 Å². The number of fused-ring (bicyclic) bond motifs is 3. The summed E-state index contributed by atoms with van der Waals surface area (Å²) < 4.78 is 11.9. The van der Waals surface area contributed by atoms with E-state index >= 15 is 0 Å². The maximum absolute atomic E-state index is 11.4. The number of imidazole rings is 1. The maximum atomic E-state index is 11.4. The molecule has 1 saturated carbocycles. The summed E-state index contributed by atoms with van der Waals surface area (Å²) in [6.45, 7) is 9.34. The summed E-state index contributed by atoms with van der Waals surface area (Å²) in [6.07, 6.45) is 4.90. The van der Waals surface area contributed by atoms with Crippen LogP contribution in [0.3, 0.4) is 0 Å². The zero-order chi connectivity index (χ0) is 26.9. The summed E-state index contributed by atoms with van der Waals surface area (Å²) in [6, 6.07) is 5.44. The summed E-state index contributed by atoms with van der Waals surface area (Å²) in [5, 5.41) is 13.6. The third kappa shape index (κ3) is 4.00. The van der Waals surface area contributed by atoms with Crippen LogP contribution in [0.5, 0.6) is 0 Å². The molecule has 6 aliphatic rings. The number of primary amides is 1. The van der Waals surface area contributed by atoms with Gasteiger partial charge in [0.2, 0.25) is 5.79 Å². The Bertz CT molecular complexity index is 1210. The van der Waals surface area contributed by atoms with Crippen LogP contribution in [-0.2, 0) is 24.8 Å². The summed E-state index contributed by atoms with van der Waals surface area (Å²) >= 11 is 0. The van der Waals surface area contributed by atoms with Crippen LogP contribution in [0.4, 0.5) is 0 Å². The van der Waals surface area contributed by atoms with Gasteiger partial charge in [0.1, 0.15) is 11.3 Å². The number of carbonyl (C=O) groups is 1. The van der Waals surface area contributed by atoms with Gasteiger partial charge in [-0.2, -0.15) is 0 Å². The SMILES string of the molecule is C[C@H]1[C@@H](O)O[C@@H]2O[C@@]3(C)CC[C@H]4[C@H](C)CC[C@@H]1[C@@]24OO3.C[C@]1(c2nc3c(C(N)=O)cccc3[nH]2)CCCN1. The summed E-state index contributed by atoms with van der Waals surface area (Å²) in [5.74, 6) is 0.874. The lowest BCUT2D eigenvalue weighted by Gasteiger charge is -2.59. The van der Waals surface area contributed by atoms with E-state index in [9.17, 15) is 9.90 Å². The molecule has 0 unspecified atom stereocenters. The quantitative estimate of drug-likeness (QED) is 0.435. The molecule has 10 nitrogen and oxygen atoms in total. The Kier molecular flexibility index (Phi) is 6.36.